The van der Waals surface area contributed by atoms with Gasteiger partial charge in [-0.3, -0.25) is 10.1 Å². The van der Waals surface area contributed by atoms with Gasteiger partial charge >= 0.3 is 0 Å². The minimum Gasteiger partial charge on any atom is -0.497 e. The fourth-order valence-corrected chi connectivity index (χ4v) is 2.18. The van der Waals surface area contributed by atoms with Gasteiger partial charge in [-0.15, -0.1) is 0 Å². The van der Waals surface area contributed by atoms with E-state index in [0.717, 1.165) is 5.56 Å². The lowest BCUT2D eigenvalue weighted by molar-refractivity contribution is -0.131. The largest absolute Gasteiger partial charge is 0.497 e. The number of rotatable bonds is 4. The summed E-state index contributed by atoms with van der Waals surface area (Å²) in [6.07, 6.45) is -3.06. The van der Waals surface area contributed by atoms with Gasteiger partial charge in [0.05, 0.1) is 19.7 Å². The monoisotopic (exact) mass is 270 g/mol. The number of nitrogens with one attached hydrogen (secondary N) is 1. The molecular weight excluding hydrogens is 254 g/mol. The normalized spacial score (nSPS) is 23.2. The summed E-state index contributed by atoms with van der Waals surface area (Å²) < 4.78 is 30.2. The standard InChI is InChI=1S/C13H16F2N2O2/c1-8-13(18)17(7-11(14)15)12(16-8)9-3-5-10(19-2)6-4-9/h3-6,8,11-12,16H,7H2,1-2H3. The van der Waals surface area contributed by atoms with E-state index < -0.39 is 25.2 Å². The third kappa shape index (κ3) is 2.84. The second-order valence-electron chi connectivity index (χ2n) is 4.45. The summed E-state index contributed by atoms with van der Waals surface area (Å²) in [7, 11) is 1.55. The number of halogens is 2. The molecular formula is C13H16F2N2O2. The number of nitrogens with zero attached hydrogens (tertiary/aromatic N) is 1. The molecule has 0 bridgehead atoms. The molecule has 1 amide bonds. The number of alkyl halides is 2. The van der Waals surface area contributed by atoms with Gasteiger partial charge in [-0.05, 0) is 24.6 Å². The molecule has 0 aliphatic carbocycles. The Bertz CT molecular complexity index is 450. The number of carbonyl (C=O) groups excluding carboxylic acids is 1. The first kappa shape index (κ1) is 13.7. The van der Waals surface area contributed by atoms with Crippen molar-refractivity contribution < 1.29 is 18.3 Å². The number of carbonyl (C=O) groups is 1. The highest BCUT2D eigenvalue weighted by molar-refractivity contribution is 5.84. The van der Waals surface area contributed by atoms with Crippen LogP contribution in [0.3, 0.4) is 0 Å². The third-order valence-corrected chi connectivity index (χ3v) is 3.14. The Balaban J connectivity index is 2.22. The molecule has 2 atom stereocenters. The average molecular weight is 270 g/mol. The molecule has 1 heterocycles. The third-order valence-electron chi connectivity index (χ3n) is 3.14. The first-order chi connectivity index (χ1) is 9.02. The van der Waals surface area contributed by atoms with E-state index in [1.54, 1.807) is 38.3 Å². The van der Waals surface area contributed by atoms with Crippen LogP contribution in [0.25, 0.3) is 0 Å². The van der Waals surface area contributed by atoms with Gasteiger partial charge in [0.25, 0.3) is 6.43 Å². The van der Waals surface area contributed by atoms with Crippen molar-refractivity contribution in [2.24, 2.45) is 0 Å². The van der Waals surface area contributed by atoms with Gasteiger partial charge in [-0.25, -0.2) is 8.78 Å². The summed E-state index contributed by atoms with van der Waals surface area (Å²) in [4.78, 5) is 13.0. The summed E-state index contributed by atoms with van der Waals surface area (Å²) in [6.45, 7) is 1.11. The number of hydrogen-bond acceptors (Lipinski definition) is 3. The minimum atomic E-state index is -2.54. The first-order valence-corrected chi connectivity index (χ1v) is 6.01. The summed E-state index contributed by atoms with van der Waals surface area (Å²) in [5.74, 6) is 0.377. The number of amides is 1. The second-order valence-corrected chi connectivity index (χ2v) is 4.45. The van der Waals surface area contributed by atoms with Gasteiger partial charge in [-0.1, -0.05) is 12.1 Å². The summed E-state index contributed by atoms with van der Waals surface area (Å²) >= 11 is 0. The SMILES string of the molecule is COc1ccc(C2NC(C)C(=O)N2CC(F)F)cc1. The molecule has 2 rings (SSSR count). The molecule has 0 radical (unpaired) electrons. The molecule has 0 saturated carbocycles. The lowest BCUT2D eigenvalue weighted by atomic mass is 10.1. The number of methoxy groups -OCH3 is 1. The lowest BCUT2D eigenvalue weighted by Gasteiger charge is -2.24. The van der Waals surface area contributed by atoms with Crippen molar-refractivity contribution in [2.75, 3.05) is 13.7 Å². The molecule has 1 fully saturated rings. The van der Waals surface area contributed by atoms with Gasteiger partial charge in [0.1, 0.15) is 11.9 Å². The van der Waals surface area contributed by atoms with Gasteiger partial charge < -0.3 is 9.64 Å². The van der Waals surface area contributed by atoms with E-state index in [0.29, 0.717) is 5.75 Å². The zero-order chi connectivity index (χ0) is 14.0. The molecule has 1 aromatic carbocycles. The van der Waals surface area contributed by atoms with Crippen LogP contribution in [0.15, 0.2) is 24.3 Å². The molecule has 1 N–H and O–H groups in total. The molecule has 0 aromatic heterocycles. The fraction of sp³-hybridized carbons (Fsp3) is 0.462. The molecule has 2 unspecified atom stereocenters. The van der Waals surface area contributed by atoms with Crippen molar-refractivity contribution in [3.63, 3.8) is 0 Å². The van der Waals surface area contributed by atoms with E-state index in [1.165, 1.54) is 4.90 Å². The molecule has 6 heteroatoms. The maximum atomic E-state index is 12.6. The van der Waals surface area contributed by atoms with Crippen LogP contribution < -0.4 is 10.1 Å². The summed E-state index contributed by atoms with van der Waals surface area (Å²) in [6, 6.07) is 6.56. The second kappa shape index (κ2) is 5.52. The van der Waals surface area contributed by atoms with Crippen molar-refractivity contribution in [3.8, 4) is 5.75 Å². The molecule has 0 spiro atoms. The van der Waals surface area contributed by atoms with Crippen molar-refractivity contribution in [1.29, 1.82) is 0 Å². The van der Waals surface area contributed by atoms with E-state index >= 15 is 0 Å². The molecule has 1 saturated heterocycles. The maximum Gasteiger partial charge on any atom is 0.255 e. The topological polar surface area (TPSA) is 41.6 Å². The Hall–Kier alpha value is -1.69. The Morgan fingerprint density at radius 3 is 2.53 bits per heavy atom. The quantitative estimate of drug-likeness (QED) is 0.906. The van der Waals surface area contributed by atoms with Crippen molar-refractivity contribution >= 4 is 5.91 Å². The minimum absolute atomic E-state index is 0.305. The smallest absolute Gasteiger partial charge is 0.255 e. The summed E-state index contributed by atoms with van der Waals surface area (Å²) in [5, 5.41) is 3.02. The molecule has 1 aliphatic rings. The first-order valence-electron chi connectivity index (χ1n) is 6.01. The number of hydrogen-bond donors (Lipinski definition) is 1. The average Bonchev–Trinajstić information content (AvgIpc) is 2.67. The summed E-state index contributed by atoms with van der Waals surface area (Å²) in [5.41, 5.74) is 0.763. The van der Waals surface area contributed by atoms with E-state index in [4.69, 9.17) is 4.74 Å². The molecule has 19 heavy (non-hydrogen) atoms. The van der Waals surface area contributed by atoms with Crippen molar-refractivity contribution in [3.05, 3.63) is 29.8 Å². The van der Waals surface area contributed by atoms with E-state index in [1.807, 2.05) is 0 Å². The predicted molar refractivity (Wildman–Crippen MR) is 66.0 cm³/mol. The van der Waals surface area contributed by atoms with Crippen LogP contribution in [0.1, 0.15) is 18.7 Å². The maximum absolute atomic E-state index is 12.6. The van der Waals surface area contributed by atoms with Crippen LogP contribution in [0.4, 0.5) is 8.78 Å². The fourth-order valence-electron chi connectivity index (χ4n) is 2.18. The molecule has 1 aliphatic heterocycles. The predicted octanol–water partition coefficient (Wildman–Crippen LogP) is 1.78. The van der Waals surface area contributed by atoms with Gasteiger partial charge in [-0.2, -0.15) is 0 Å². The molecule has 104 valence electrons. The Morgan fingerprint density at radius 1 is 1.37 bits per heavy atom. The highest BCUT2D eigenvalue weighted by Crippen LogP contribution is 2.27. The Kier molecular flexibility index (Phi) is 3.99. The lowest BCUT2D eigenvalue weighted by Crippen LogP contribution is -2.34. The van der Waals surface area contributed by atoms with Crippen molar-refractivity contribution in [2.45, 2.75) is 25.6 Å². The van der Waals surface area contributed by atoms with E-state index in [2.05, 4.69) is 5.32 Å². The van der Waals surface area contributed by atoms with Crippen LogP contribution in [-0.2, 0) is 4.79 Å². The number of ether oxygens (including phenoxy) is 1. The van der Waals surface area contributed by atoms with Crippen LogP contribution in [0, 0.1) is 0 Å². The molecule has 1 aromatic rings. The highest BCUT2D eigenvalue weighted by atomic mass is 19.3. The molecule has 4 nitrogen and oxygen atoms in total. The van der Waals surface area contributed by atoms with E-state index in [9.17, 15) is 13.6 Å². The van der Waals surface area contributed by atoms with E-state index in [-0.39, 0.29) is 5.91 Å². The Morgan fingerprint density at radius 2 is 2.00 bits per heavy atom. The Labute approximate surface area is 110 Å². The van der Waals surface area contributed by atoms with Gasteiger partial charge in [0, 0.05) is 0 Å². The zero-order valence-electron chi connectivity index (χ0n) is 10.8. The number of benzene rings is 1. The zero-order valence-corrected chi connectivity index (χ0v) is 10.8. The van der Waals surface area contributed by atoms with Crippen LogP contribution in [-0.4, -0.2) is 36.9 Å². The van der Waals surface area contributed by atoms with Crippen LogP contribution in [0.2, 0.25) is 0 Å². The van der Waals surface area contributed by atoms with Crippen LogP contribution >= 0.6 is 0 Å². The van der Waals surface area contributed by atoms with Gasteiger partial charge in [0.15, 0.2) is 0 Å². The van der Waals surface area contributed by atoms with Crippen LogP contribution in [0.5, 0.6) is 5.75 Å². The van der Waals surface area contributed by atoms with Gasteiger partial charge in [0.2, 0.25) is 5.91 Å². The highest BCUT2D eigenvalue weighted by Gasteiger charge is 2.38. The van der Waals surface area contributed by atoms with Crippen molar-refractivity contribution in [1.82, 2.24) is 10.2 Å².